The number of carbonyl (C=O) groups is 2. The van der Waals surface area contributed by atoms with Gasteiger partial charge in [0.15, 0.2) is 11.5 Å². The maximum absolute atomic E-state index is 13.5. The molecule has 0 saturated heterocycles. The number of hydrazone groups is 1. The third kappa shape index (κ3) is 6.64. The van der Waals surface area contributed by atoms with E-state index < -0.39 is 28.6 Å². The van der Waals surface area contributed by atoms with Crippen molar-refractivity contribution in [3.63, 3.8) is 0 Å². The zero-order valence-electron chi connectivity index (χ0n) is 20.8. The normalized spacial score (nSPS) is 11.1. The molecule has 0 aromatic heterocycles. The first-order valence-electron chi connectivity index (χ1n) is 11.1. The van der Waals surface area contributed by atoms with E-state index in [9.17, 15) is 18.0 Å². The number of amides is 1. The Morgan fingerprint density at radius 1 is 0.973 bits per heavy atom. The zero-order chi connectivity index (χ0) is 27.0. The Morgan fingerprint density at radius 2 is 1.70 bits per heavy atom. The summed E-state index contributed by atoms with van der Waals surface area (Å²) < 4.78 is 42.7. The number of nitrogens with one attached hydrogen (secondary N) is 1. The van der Waals surface area contributed by atoms with Gasteiger partial charge in [-0.15, -0.1) is 0 Å². The van der Waals surface area contributed by atoms with Crippen molar-refractivity contribution in [1.82, 2.24) is 5.43 Å². The molecule has 0 fully saturated rings. The number of rotatable bonds is 9. The summed E-state index contributed by atoms with van der Waals surface area (Å²) in [5.74, 6) is -0.254. The molecule has 0 saturated carbocycles. The molecule has 3 aromatic carbocycles. The van der Waals surface area contributed by atoms with Gasteiger partial charge in [0.2, 0.25) is 0 Å². The van der Waals surface area contributed by atoms with Crippen molar-refractivity contribution in [1.29, 1.82) is 0 Å². The number of hydrogen-bond donors (Lipinski definition) is 1. The van der Waals surface area contributed by atoms with Crippen molar-refractivity contribution in [2.75, 3.05) is 25.1 Å². The van der Waals surface area contributed by atoms with E-state index >= 15 is 0 Å². The largest absolute Gasteiger partial charge is 0.513 e. The standard InChI is InChI=1S/C26H27N3O7S/c1-18-9-8-12-22(19(18)2)29(37(32,33)21-10-6-5-7-11-21)17-25(30)28-27-16-20-13-14-23(24(15-20)34-3)36-26(31)35-4/h5-16H,17H2,1-4H3,(H,28,30)/b27-16+. The van der Waals surface area contributed by atoms with Crippen LogP contribution >= 0.6 is 0 Å². The first kappa shape index (κ1) is 27.2. The van der Waals surface area contributed by atoms with Crippen LogP contribution in [0.5, 0.6) is 11.5 Å². The summed E-state index contributed by atoms with van der Waals surface area (Å²) in [7, 11) is -1.45. The Kier molecular flexibility index (Phi) is 8.86. The molecule has 1 N–H and O–H groups in total. The van der Waals surface area contributed by atoms with E-state index in [-0.39, 0.29) is 16.4 Å². The van der Waals surface area contributed by atoms with Gasteiger partial charge in [0.1, 0.15) is 6.54 Å². The summed E-state index contributed by atoms with van der Waals surface area (Å²) in [6.45, 7) is 3.18. The summed E-state index contributed by atoms with van der Waals surface area (Å²) in [5, 5.41) is 3.93. The SMILES string of the molecule is COC(=O)Oc1ccc(/C=N/NC(=O)CN(c2cccc(C)c2C)S(=O)(=O)c2ccccc2)cc1OC. The number of ether oxygens (including phenoxy) is 3. The fourth-order valence-electron chi connectivity index (χ4n) is 3.35. The molecule has 0 bridgehead atoms. The highest BCUT2D eigenvalue weighted by atomic mass is 32.2. The summed E-state index contributed by atoms with van der Waals surface area (Å²) in [6.07, 6.45) is 0.446. The van der Waals surface area contributed by atoms with Crippen LogP contribution in [0.3, 0.4) is 0 Å². The Morgan fingerprint density at radius 3 is 2.38 bits per heavy atom. The van der Waals surface area contributed by atoms with Crippen molar-refractivity contribution in [2.45, 2.75) is 18.7 Å². The van der Waals surface area contributed by atoms with Crippen LogP contribution in [-0.4, -0.2) is 47.5 Å². The Hall–Kier alpha value is -4.38. The fourth-order valence-corrected chi connectivity index (χ4v) is 4.85. The molecule has 194 valence electrons. The van der Waals surface area contributed by atoms with E-state index in [0.29, 0.717) is 11.3 Å². The average Bonchev–Trinajstić information content (AvgIpc) is 2.90. The van der Waals surface area contributed by atoms with Crippen LogP contribution in [-0.2, 0) is 19.6 Å². The van der Waals surface area contributed by atoms with Crippen molar-refractivity contribution < 1.29 is 32.2 Å². The van der Waals surface area contributed by atoms with E-state index in [0.717, 1.165) is 15.4 Å². The van der Waals surface area contributed by atoms with Gasteiger partial charge >= 0.3 is 6.16 Å². The monoisotopic (exact) mass is 525 g/mol. The molecule has 11 heteroatoms. The van der Waals surface area contributed by atoms with E-state index in [2.05, 4.69) is 15.3 Å². The van der Waals surface area contributed by atoms with Gasteiger partial charge in [-0.2, -0.15) is 5.10 Å². The van der Waals surface area contributed by atoms with Gasteiger partial charge in [0, 0.05) is 0 Å². The molecule has 0 radical (unpaired) electrons. The Balaban J connectivity index is 1.81. The van der Waals surface area contributed by atoms with Crippen molar-refractivity contribution in [3.05, 3.63) is 83.4 Å². The van der Waals surface area contributed by atoms with Crippen LogP contribution in [0.1, 0.15) is 16.7 Å². The predicted molar refractivity (Wildman–Crippen MR) is 139 cm³/mol. The van der Waals surface area contributed by atoms with Crippen LogP contribution in [0.4, 0.5) is 10.5 Å². The summed E-state index contributed by atoms with van der Waals surface area (Å²) >= 11 is 0. The number of hydrogen-bond acceptors (Lipinski definition) is 8. The van der Waals surface area contributed by atoms with Gasteiger partial charge < -0.3 is 14.2 Å². The summed E-state index contributed by atoms with van der Waals surface area (Å²) in [5.41, 5.74) is 4.91. The molecule has 0 aliphatic heterocycles. The molecule has 10 nitrogen and oxygen atoms in total. The zero-order valence-corrected chi connectivity index (χ0v) is 21.6. The van der Waals surface area contributed by atoms with Gasteiger partial charge in [-0.05, 0) is 66.9 Å². The lowest BCUT2D eigenvalue weighted by molar-refractivity contribution is -0.119. The minimum Gasteiger partial charge on any atom is -0.493 e. The third-order valence-electron chi connectivity index (χ3n) is 5.41. The first-order valence-corrected chi connectivity index (χ1v) is 12.5. The molecule has 3 aromatic rings. The smallest absolute Gasteiger partial charge is 0.493 e. The topological polar surface area (TPSA) is 124 Å². The highest BCUT2D eigenvalue weighted by Gasteiger charge is 2.28. The number of anilines is 1. The fraction of sp³-hybridized carbons (Fsp3) is 0.192. The van der Waals surface area contributed by atoms with E-state index in [1.54, 1.807) is 43.3 Å². The second-order valence-corrected chi connectivity index (χ2v) is 9.67. The number of sulfonamides is 1. The van der Waals surface area contributed by atoms with Crippen LogP contribution in [0, 0.1) is 13.8 Å². The minimum atomic E-state index is -4.04. The van der Waals surface area contributed by atoms with Crippen LogP contribution in [0.15, 0.2) is 76.7 Å². The number of nitrogens with zero attached hydrogens (tertiary/aromatic N) is 2. The molecule has 1 amide bonds. The van der Waals surface area contributed by atoms with Gasteiger partial charge in [-0.3, -0.25) is 9.10 Å². The Bertz CT molecular complexity index is 1410. The van der Waals surface area contributed by atoms with Gasteiger partial charge in [0.05, 0.1) is 31.0 Å². The van der Waals surface area contributed by atoms with E-state index in [4.69, 9.17) is 9.47 Å². The maximum Gasteiger partial charge on any atom is 0.513 e. The molecule has 0 spiro atoms. The predicted octanol–water partition coefficient (Wildman–Crippen LogP) is 3.80. The molecule has 0 unspecified atom stereocenters. The summed E-state index contributed by atoms with van der Waals surface area (Å²) in [6, 6.07) is 17.8. The lowest BCUT2D eigenvalue weighted by Crippen LogP contribution is -2.40. The number of carbonyl (C=O) groups excluding carboxylic acids is 2. The number of methoxy groups -OCH3 is 2. The minimum absolute atomic E-state index is 0.0635. The van der Waals surface area contributed by atoms with E-state index in [1.165, 1.54) is 44.7 Å². The Labute approximate surface area is 215 Å². The average molecular weight is 526 g/mol. The van der Waals surface area contributed by atoms with Gasteiger partial charge in [0.25, 0.3) is 15.9 Å². The molecule has 3 rings (SSSR count). The first-order chi connectivity index (χ1) is 17.7. The quantitative estimate of drug-likeness (QED) is 0.195. The molecule has 0 atom stereocenters. The second kappa shape index (κ2) is 12.0. The molecule has 0 aliphatic carbocycles. The number of aryl methyl sites for hydroxylation is 1. The number of benzene rings is 3. The lowest BCUT2D eigenvalue weighted by atomic mass is 10.1. The molecular weight excluding hydrogens is 498 g/mol. The lowest BCUT2D eigenvalue weighted by Gasteiger charge is -2.26. The highest BCUT2D eigenvalue weighted by molar-refractivity contribution is 7.92. The van der Waals surface area contributed by atoms with Gasteiger partial charge in [-0.25, -0.2) is 18.6 Å². The van der Waals surface area contributed by atoms with E-state index in [1.807, 2.05) is 13.0 Å². The van der Waals surface area contributed by atoms with Gasteiger partial charge in [-0.1, -0.05) is 30.3 Å². The second-order valence-electron chi connectivity index (χ2n) is 7.80. The van der Waals surface area contributed by atoms with Crippen molar-refractivity contribution >= 4 is 34.0 Å². The van der Waals surface area contributed by atoms with Crippen LogP contribution < -0.4 is 19.2 Å². The molecule has 0 heterocycles. The summed E-state index contributed by atoms with van der Waals surface area (Å²) in [4.78, 5) is 24.2. The molecule has 37 heavy (non-hydrogen) atoms. The van der Waals surface area contributed by atoms with Crippen LogP contribution in [0.25, 0.3) is 0 Å². The molecular formula is C26H27N3O7S. The highest BCUT2D eigenvalue weighted by Crippen LogP contribution is 2.29. The van der Waals surface area contributed by atoms with Crippen LogP contribution in [0.2, 0.25) is 0 Å². The van der Waals surface area contributed by atoms with Crippen molar-refractivity contribution in [3.8, 4) is 11.5 Å². The van der Waals surface area contributed by atoms with Crippen molar-refractivity contribution in [2.24, 2.45) is 5.10 Å². The maximum atomic E-state index is 13.5. The third-order valence-corrected chi connectivity index (χ3v) is 7.19. The molecule has 0 aliphatic rings.